The highest BCUT2D eigenvalue weighted by atomic mass is 16.3. The van der Waals surface area contributed by atoms with Crippen LogP contribution in [0.15, 0.2) is 12.2 Å². The molecule has 23 heavy (non-hydrogen) atoms. The molecule has 3 heteroatoms. The van der Waals surface area contributed by atoms with Gasteiger partial charge in [0, 0.05) is 24.4 Å². The molecule has 9 bridgehead atoms. The summed E-state index contributed by atoms with van der Waals surface area (Å²) in [7, 11) is 0. The SMILES string of the molecule is C=C1C[C@]23C[C@@]4(O)[C@@H]5[C@@]6(C)CCC[C@@]57[C@@H]2C(O)[C@@H]1C[C@@H]3[C@H]7N4C6. The molecule has 9 aliphatic rings. The molecule has 9 fully saturated rings. The highest BCUT2D eigenvalue weighted by Crippen LogP contribution is 2.88. The van der Waals surface area contributed by atoms with E-state index in [1.165, 1.54) is 24.8 Å². The fraction of sp³-hybridized carbons (Fsp3) is 0.900. The average Bonchev–Trinajstić information content (AvgIpc) is 2.81. The molecule has 3 aliphatic heterocycles. The van der Waals surface area contributed by atoms with Crippen molar-refractivity contribution in [3.63, 3.8) is 0 Å². The molecule has 0 amide bonds. The van der Waals surface area contributed by atoms with E-state index in [9.17, 15) is 10.2 Å². The summed E-state index contributed by atoms with van der Waals surface area (Å²) in [5, 5.41) is 23.2. The number of aliphatic hydroxyl groups excluding tert-OH is 1. The van der Waals surface area contributed by atoms with Crippen LogP contribution < -0.4 is 0 Å². The number of aliphatic hydroxyl groups is 2. The zero-order valence-corrected chi connectivity index (χ0v) is 14.0. The second-order valence-corrected chi connectivity index (χ2v) is 10.7. The van der Waals surface area contributed by atoms with Crippen molar-refractivity contribution in [2.45, 2.75) is 63.3 Å². The molecule has 0 aromatic carbocycles. The van der Waals surface area contributed by atoms with Gasteiger partial charge in [0.15, 0.2) is 0 Å². The van der Waals surface area contributed by atoms with Crippen LogP contribution in [0.4, 0.5) is 0 Å². The van der Waals surface area contributed by atoms with Crippen molar-refractivity contribution in [1.29, 1.82) is 0 Å². The van der Waals surface area contributed by atoms with E-state index in [2.05, 4.69) is 18.4 Å². The van der Waals surface area contributed by atoms with Crippen molar-refractivity contribution in [2.24, 2.45) is 39.9 Å². The van der Waals surface area contributed by atoms with Gasteiger partial charge in [0.25, 0.3) is 0 Å². The average molecular weight is 313 g/mol. The number of piperidine rings is 2. The molecule has 3 nitrogen and oxygen atoms in total. The predicted molar refractivity (Wildman–Crippen MR) is 85.2 cm³/mol. The van der Waals surface area contributed by atoms with E-state index in [0.29, 0.717) is 29.7 Å². The van der Waals surface area contributed by atoms with E-state index in [0.717, 1.165) is 25.8 Å². The predicted octanol–water partition coefficient (Wildman–Crippen LogP) is 2.14. The largest absolute Gasteiger partial charge is 0.392 e. The normalized spacial score (nSPS) is 75.6. The monoisotopic (exact) mass is 313 g/mol. The third kappa shape index (κ3) is 0.910. The fourth-order valence-electron chi connectivity index (χ4n) is 10.6. The summed E-state index contributed by atoms with van der Waals surface area (Å²) in [5.41, 5.74) is 1.36. The molecule has 11 atom stereocenters. The minimum Gasteiger partial charge on any atom is -0.392 e. The Balaban J connectivity index is 1.56. The van der Waals surface area contributed by atoms with Crippen LogP contribution in [0, 0.1) is 39.9 Å². The molecule has 3 saturated heterocycles. The van der Waals surface area contributed by atoms with Crippen LogP contribution in [-0.2, 0) is 0 Å². The topological polar surface area (TPSA) is 43.7 Å². The van der Waals surface area contributed by atoms with Gasteiger partial charge in [-0.25, -0.2) is 0 Å². The van der Waals surface area contributed by atoms with E-state index in [1.54, 1.807) is 0 Å². The minimum atomic E-state index is -0.572. The van der Waals surface area contributed by atoms with Crippen molar-refractivity contribution in [1.82, 2.24) is 4.90 Å². The molecule has 6 aliphatic carbocycles. The standard InChI is InChI=1S/C20H27NO2/c1-10-7-18-8-20(23)16-17(2)4-3-5-19(16)14(18)13(22)11(10)6-12(18)15(19)21(20)9-17/h11-16,22-23H,1,3-9H2,2H3/t11-,12-,13?,14-,15-,16-,17+,18-,19+,20-/m1/s1. The third-order valence-electron chi connectivity index (χ3n) is 10.2. The molecule has 2 unspecified atom stereocenters. The van der Waals surface area contributed by atoms with Gasteiger partial charge in [-0.2, -0.15) is 0 Å². The highest BCUT2D eigenvalue weighted by Gasteiger charge is 2.91. The summed E-state index contributed by atoms with van der Waals surface area (Å²) in [6.07, 6.45) is 6.75. The second kappa shape index (κ2) is 3.08. The van der Waals surface area contributed by atoms with Gasteiger partial charge in [-0.05, 0) is 60.2 Å². The Morgan fingerprint density at radius 2 is 2.13 bits per heavy atom. The molecule has 2 N–H and O–H groups in total. The molecule has 124 valence electrons. The van der Waals surface area contributed by atoms with E-state index >= 15 is 0 Å². The molecule has 9 rings (SSSR count). The lowest BCUT2D eigenvalue weighted by atomic mass is 9.39. The van der Waals surface area contributed by atoms with Crippen molar-refractivity contribution >= 4 is 0 Å². The molecular weight excluding hydrogens is 286 g/mol. The Bertz CT molecular complexity index is 691. The van der Waals surface area contributed by atoms with Gasteiger partial charge < -0.3 is 10.2 Å². The van der Waals surface area contributed by atoms with Crippen molar-refractivity contribution in [3.8, 4) is 0 Å². The maximum atomic E-state index is 11.8. The van der Waals surface area contributed by atoms with Crippen LogP contribution in [0.5, 0.6) is 0 Å². The Morgan fingerprint density at radius 3 is 2.96 bits per heavy atom. The zero-order valence-electron chi connectivity index (χ0n) is 14.0. The van der Waals surface area contributed by atoms with Gasteiger partial charge in [0.05, 0.1) is 6.10 Å². The minimum absolute atomic E-state index is 0.167. The van der Waals surface area contributed by atoms with Crippen LogP contribution in [0.2, 0.25) is 0 Å². The van der Waals surface area contributed by atoms with E-state index in [4.69, 9.17) is 0 Å². The molecular formula is C20H27NO2. The lowest BCUT2D eigenvalue weighted by molar-refractivity contribution is -0.246. The van der Waals surface area contributed by atoms with Gasteiger partial charge in [-0.1, -0.05) is 25.5 Å². The number of nitrogens with zero attached hydrogens (tertiary/aromatic N) is 1. The van der Waals surface area contributed by atoms with E-state index < -0.39 is 5.72 Å². The Labute approximate surface area is 137 Å². The Hall–Kier alpha value is -0.380. The lowest BCUT2D eigenvalue weighted by Gasteiger charge is -2.66. The van der Waals surface area contributed by atoms with Gasteiger partial charge in [0.1, 0.15) is 5.72 Å². The van der Waals surface area contributed by atoms with Crippen LogP contribution in [0.3, 0.4) is 0 Å². The summed E-state index contributed by atoms with van der Waals surface area (Å²) in [5.74, 6) is 1.89. The van der Waals surface area contributed by atoms with Crippen LogP contribution >= 0.6 is 0 Å². The first-order valence-electron chi connectivity index (χ1n) is 9.73. The van der Waals surface area contributed by atoms with Gasteiger partial charge in [0.2, 0.25) is 0 Å². The number of fused-ring (bicyclic) bond motifs is 1. The van der Waals surface area contributed by atoms with Crippen molar-refractivity contribution in [3.05, 3.63) is 12.2 Å². The van der Waals surface area contributed by atoms with Crippen LogP contribution in [-0.4, -0.2) is 39.5 Å². The van der Waals surface area contributed by atoms with Crippen LogP contribution in [0.1, 0.15) is 45.4 Å². The van der Waals surface area contributed by atoms with Gasteiger partial charge in [-0.15, -0.1) is 0 Å². The Morgan fingerprint density at radius 1 is 1.30 bits per heavy atom. The summed E-state index contributed by atoms with van der Waals surface area (Å²) in [6.45, 7) is 7.87. The zero-order chi connectivity index (χ0) is 15.6. The number of rotatable bonds is 0. The maximum Gasteiger partial charge on any atom is 0.123 e. The van der Waals surface area contributed by atoms with E-state index in [1.807, 2.05) is 0 Å². The first-order valence-corrected chi connectivity index (χ1v) is 9.73. The quantitative estimate of drug-likeness (QED) is 0.674. The summed E-state index contributed by atoms with van der Waals surface area (Å²) in [4.78, 5) is 2.56. The summed E-state index contributed by atoms with van der Waals surface area (Å²) in [6, 6.07) is 0.553. The van der Waals surface area contributed by atoms with Gasteiger partial charge in [-0.3, -0.25) is 4.90 Å². The third-order valence-corrected chi connectivity index (χ3v) is 10.2. The first-order chi connectivity index (χ1) is 10.9. The van der Waals surface area contributed by atoms with E-state index in [-0.39, 0.29) is 22.3 Å². The smallest absolute Gasteiger partial charge is 0.123 e. The molecule has 2 spiro atoms. The number of hydrogen-bond donors (Lipinski definition) is 2. The lowest BCUT2D eigenvalue weighted by Crippen LogP contribution is -2.67. The summed E-state index contributed by atoms with van der Waals surface area (Å²) < 4.78 is 0. The number of hydrogen-bond acceptors (Lipinski definition) is 3. The maximum absolute atomic E-state index is 11.8. The molecule has 3 heterocycles. The van der Waals surface area contributed by atoms with Crippen LogP contribution in [0.25, 0.3) is 0 Å². The molecule has 0 aromatic rings. The van der Waals surface area contributed by atoms with Crippen molar-refractivity contribution in [2.75, 3.05) is 6.54 Å². The van der Waals surface area contributed by atoms with Crippen molar-refractivity contribution < 1.29 is 10.2 Å². The Kier molecular flexibility index (Phi) is 1.73. The molecule has 6 saturated carbocycles. The first kappa shape index (κ1) is 12.9. The summed E-state index contributed by atoms with van der Waals surface area (Å²) >= 11 is 0. The highest BCUT2D eigenvalue weighted by molar-refractivity contribution is 5.42. The molecule has 0 aromatic heterocycles. The second-order valence-electron chi connectivity index (χ2n) is 10.7. The molecule has 0 radical (unpaired) electrons. The van der Waals surface area contributed by atoms with Gasteiger partial charge >= 0.3 is 0 Å². The fourth-order valence-corrected chi connectivity index (χ4v) is 10.6.